The molecule has 0 saturated carbocycles. The molecule has 0 aliphatic rings. The maximum absolute atomic E-state index is 11.8. The van der Waals surface area contributed by atoms with E-state index in [2.05, 4.69) is 16.6 Å². The van der Waals surface area contributed by atoms with Gasteiger partial charge in [0.1, 0.15) is 0 Å². The summed E-state index contributed by atoms with van der Waals surface area (Å²) >= 11 is 5.68. The van der Waals surface area contributed by atoms with Crippen LogP contribution in [0.4, 0.5) is 0 Å². The van der Waals surface area contributed by atoms with Crippen molar-refractivity contribution in [3.63, 3.8) is 0 Å². The highest BCUT2D eigenvalue weighted by Crippen LogP contribution is 2.13. The maximum atomic E-state index is 11.8. The second-order valence-electron chi connectivity index (χ2n) is 3.69. The molecule has 0 bridgehead atoms. The van der Waals surface area contributed by atoms with Crippen LogP contribution >= 0.6 is 11.6 Å². The van der Waals surface area contributed by atoms with Crippen LogP contribution in [0, 0.1) is 0 Å². The number of sulfonamides is 1. The summed E-state index contributed by atoms with van der Waals surface area (Å²) in [4.78, 5) is 11.4. The average Bonchev–Trinajstić information content (AvgIpc) is 2.36. The molecule has 0 saturated heterocycles. The molecule has 0 atom stereocenters. The fourth-order valence-corrected chi connectivity index (χ4v) is 2.43. The van der Waals surface area contributed by atoms with Crippen molar-refractivity contribution in [3.05, 3.63) is 41.9 Å². The molecule has 2 N–H and O–H groups in total. The Morgan fingerprint density at radius 3 is 2.53 bits per heavy atom. The van der Waals surface area contributed by atoms with Gasteiger partial charge in [-0.15, -0.1) is 6.58 Å². The normalized spacial score (nSPS) is 11.0. The van der Waals surface area contributed by atoms with E-state index in [0.29, 0.717) is 11.6 Å². The van der Waals surface area contributed by atoms with Crippen LogP contribution in [0.1, 0.15) is 6.42 Å². The van der Waals surface area contributed by atoms with E-state index in [1.807, 2.05) is 0 Å². The van der Waals surface area contributed by atoms with Crippen molar-refractivity contribution in [2.45, 2.75) is 11.3 Å². The highest BCUT2D eigenvalue weighted by atomic mass is 35.5. The van der Waals surface area contributed by atoms with Crippen LogP contribution < -0.4 is 10.0 Å². The molecular formula is C12H15ClN2O3S. The quantitative estimate of drug-likeness (QED) is 0.746. The minimum absolute atomic E-state index is 0.0357. The van der Waals surface area contributed by atoms with Crippen LogP contribution in [0.15, 0.2) is 41.8 Å². The Morgan fingerprint density at radius 2 is 1.95 bits per heavy atom. The molecule has 1 amide bonds. The number of rotatable bonds is 7. The number of hydrogen-bond acceptors (Lipinski definition) is 3. The summed E-state index contributed by atoms with van der Waals surface area (Å²) in [6.45, 7) is 3.86. The van der Waals surface area contributed by atoms with Crippen LogP contribution in [0.3, 0.4) is 0 Å². The predicted molar refractivity (Wildman–Crippen MR) is 74.5 cm³/mol. The van der Waals surface area contributed by atoms with Gasteiger partial charge in [0.2, 0.25) is 15.9 Å². The topological polar surface area (TPSA) is 75.3 Å². The third kappa shape index (κ3) is 5.42. The smallest absolute Gasteiger partial charge is 0.240 e. The molecule has 0 aliphatic carbocycles. The largest absolute Gasteiger partial charge is 0.353 e. The third-order valence-corrected chi connectivity index (χ3v) is 3.94. The van der Waals surface area contributed by atoms with Gasteiger partial charge in [-0.25, -0.2) is 13.1 Å². The lowest BCUT2D eigenvalue weighted by molar-refractivity contribution is -0.120. The van der Waals surface area contributed by atoms with Crippen molar-refractivity contribution in [1.29, 1.82) is 0 Å². The lowest BCUT2D eigenvalue weighted by atomic mass is 10.4. The molecule has 1 rings (SSSR count). The number of halogens is 1. The van der Waals surface area contributed by atoms with Crippen LogP contribution in [0.25, 0.3) is 0 Å². The Bertz CT molecular complexity index is 541. The van der Waals surface area contributed by atoms with E-state index >= 15 is 0 Å². The molecular weight excluding hydrogens is 288 g/mol. The maximum Gasteiger partial charge on any atom is 0.240 e. The molecule has 1 aromatic carbocycles. The number of carbonyl (C=O) groups is 1. The van der Waals surface area contributed by atoms with E-state index in [1.165, 1.54) is 24.3 Å². The lowest BCUT2D eigenvalue weighted by Gasteiger charge is -2.06. The molecule has 0 aliphatic heterocycles. The molecule has 0 heterocycles. The zero-order valence-electron chi connectivity index (χ0n) is 10.2. The Morgan fingerprint density at radius 1 is 1.32 bits per heavy atom. The zero-order valence-corrected chi connectivity index (χ0v) is 11.8. The predicted octanol–water partition coefficient (Wildman–Crippen LogP) is 1.31. The van der Waals surface area contributed by atoms with E-state index in [1.54, 1.807) is 6.08 Å². The van der Waals surface area contributed by atoms with Gasteiger partial charge >= 0.3 is 0 Å². The first kappa shape index (κ1) is 15.7. The van der Waals surface area contributed by atoms with Crippen LogP contribution in [-0.2, 0) is 14.8 Å². The molecule has 104 valence electrons. The Labute approximate surface area is 117 Å². The van der Waals surface area contributed by atoms with Crippen LogP contribution in [-0.4, -0.2) is 27.4 Å². The summed E-state index contributed by atoms with van der Waals surface area (Å²) < 4.78 is 26.0. The zero-order chi connectivity index (χ0) is 14.3. The van der Waals surface area contributed by atoms with Gasteiger partial charge in [-0.2, -0.15) is 0 Å². The van der Waals surface area contributed by atoms with Crippen molar-refractivity contribution < 1.29 is 13.2 Å². The summed E-state index contributed by atoms with van der Waals surface area (Å²) in [5.41, 5.74) is 0. The van der Waals surface area contributed by atoms with Crippen molar-refractivity contribution in [2.75, 3.05) is 13.1 Å². The average molecular weight is 303 g/mol. The molecule has 5 nitrogen and oxygen atoms in total. The van der Waals surface area contributed by atoms with Gasteiger partial charge in [-0.1, -0.05) is 17.7 Å². The summed E-state index contributed by atoms with van der Waals surface area (Å²) in [5, 5.41) is 3.02. The van der Waals surface area contributed by atoms with Crippen molar-refractivity contribution >= 4 is 27.5 Å². The molecule has 0 spiro atoms. The first-order valence-corrected chi connectivity index (χ1v) is 7.44. The standard InChI is InChI=1S/C12H15ClN2O3S/c1-2-8-14-12(16)7-9-15-19(17,18)11-5-3-10(13)4-6-11/h2-6,15H,1,7-9H2,(H,14,16). The number of benzene rings is 1. The van der Waals surface area contributed by atoms with E-state index in [9.17, 15) is 13.2 Å². The van der Waals surface area contributed by atoms with E-state index < -0.39 is 10.0 Å². The van der Waals surface area contributed by atoms with Crippen LogP contribution in [0.2, 0.25) is 5.02 Å². The number of carbonyl (C=O) groups excluding carboxylic acids is 1. The van der Waals surface area contributed by atoms with E-state index in [0.717, 1.165) is 0 Å². The second-order valence-corrected chi connectivity index (χ2v) is 5.90. The highest BCUT2D eigenvalue weighted by Gasteiger charge is 2.13. The Hall–Kier alpha value is -1.37. The molecule has 0 aromatic heterocycles. The van der Waals surface area contributed by atoms with Gasteiger partial charge in [0.15, 0.2) is 0 Å². The fraction of sp³-hybridized carbons (Fsp3) is 0.250. The molecule has 19 heavy (non-hydrogen) atoms. The molecule has 7 heteroatoms. The van der Waals surface area contributed by atoms with E-state index in [4.69, 9.17) is 11.6 Å². The first-order chi connectivity index (χ1) is 8.95. The number of nitrogens with one attached hydrogen (secondary N) is 2. The SMILES string of the molecule is C=CCNC(=O)CCNS(=O)(=O)c1ccc(Cl)cc1. The highest BCUT2D eigenvalue weighted by molar-refractivity contribution is 7.89. The minimum Gasteiger partial charge on any atom is -0.353 e. The summed E-state index contributed by atoms with van der Waals surface area (Å²) in [5.74, 6) is -0.237. The van der Waals surface area contributed by atoms with Gasteiger partial charge in [0.05, 0.1) is 4.90 Å². The lowest BCUT2D eigenvalue weighted by Crippen LogP contribution is -2.30. The Kier molecular flexibility index (Phi) is 6.01. The Balaban J connectivity index is 2.50. The van der Waals surface area contributed by atoms with Gasteiger partial charge in [-0.3, -0.25) is 4.79 Å². The van der Waals surface area contributed by atoms with Crippen molar-refractivity contribution in [2.24, 2.45) is 0 Å². The van der Waals surface area contributed by atoms with Crippen LogP contribution in [0.5, 0.6) is 0 Å². The summed E-state index contributed by atoms with van der Waals surface area (Å²) in [6, 6.07) is 5.80. The van der Waals surface area contributed by atoms with Gasteiger partial charge in [-0.05, 0) is 24.3 Å². The fourth-order valence-electron chi connectivity index (χ4n) is 1.27. The van der Waals surface area contributed by atoms with Crippen molar-refractivity contribution in [1.82, 2.24) is 10.0 Å². The number of hydrogen-bond donors (Lipinski definition) is 2. The first-order valence-electron chi connectivity index (χ1n) is 5.58. The minimum atomic E-state index is -3.60. The molecule has 0 unspecified atom stereocenters. The number of amides is 1. The van der Waals surface area contributed by atoms with Gasteiger partial charge in [0, 0.05) is 24.5 Å². The third-order valence-electron chi connectivity index (χ3n) is 2.21. The van der Waals surface area contributed by atoms with Gasteiger partial charge < -0.3 is 5.32 Å². The second kappa shape index (κ2) is 7.28. The summed E-state index contributed by atoms with van der Waals surface area (Å²) in [7, 11) is -3.60. The van der Waals surface area contributed by atoms with Crippen molar-refractivity contribution in [3.8, 4) is 0 Å². The van der Waals surface area contributed by atoms with E-state index in [-0.39, 0.29) is 23.8 Å². The monoisotopic (exact) mass is 302 g/mol. The summed E-state index contributed by atoms with van der Waals surface area (Å²) in [6.07, 6.45) is 1.62. The molecule has 1 aromatic rings. The van der Waals surface area contributed by atoms with Gasteiger partial charge in [0.25, 0.3) is 0 Å². The molecule has 0 fully saturated rings. The molecule has 0 radical (unpaired) electrons.